The van der Waals surface area contributed by atoms with Gasteiger partial charge < -0.3 is 0 Å². The molecule has 0 saturated carbocycles. The van der Waals surface area contributed by atoms with Gasteiger partial charge in [0.05, 0.1) is 0 Å². The molecule has 0 aliphatic heterocycles. The second kappa shape index (κ2) is 6.71. The van der Waals surface area contributed by atoms with E-state index >= 15 is 0 Å². The number of benzene rings is 2. The third-order valence-corrected chi connectivity index (χ3v) is 5.76. The first-order chi connectivity index (χ1) is 9.22. The van der Waals surface area contributed by atoms with Crippen molar-refractivity contribution in [3.05, 3.63) is 71.3 Å². The maximum Gasteiger partial charge on any atom is 0.0189 e. The Bertz CT molecular complexity index is 516. The zero-order chi connectivity index (χ0) is 13.7. The summed E-state index contributed by atoms with van der Waals surface area (Å²) in [5, 5.41) is 1.90. The molecule has 0 amide bonds. The van der Waals surface area contributed by atoms with Gasteiger partial charge in [-0.1, -0.05) is 86.5 Å². The molecule has 0 atom stereocenters. The number of rotatable bonds is 5. The predicted molar refractivity (Wildman–Crippen MR) is 90.6 cm³/mol. The first-order valence-electron chi connectivity index (χ1n) is 6.44. The first-order valence-corrected chi connectivity index (χ1v) is 8.68. The molecule has 0 heterocycles. The van der Waals surface area contributed by atoms with Crippen molar-refractivity contribution >= 4 is 31.9 Å². The molecular weight excluding hydrogens is 364 g/mol. The van der Waals surface area contributed by atoms with Crippen LogP contribution in [0.25, 0.3) is 0 Å². The van der Waals surface area contributed by atoms with Crippen LogP contribution in [0.4, 0.5) is 0 Å². The van der Waals surface area contributed by atoms with Crippen LogP contribution in [0.3, 0.4) is 0 Å². The third kappa shape index (κ3) is 3.29. The second-order valence-corrected chi connectivity index (χ2v) is 6.15. The van der Waals surface area contributed by atoms with Crippen LogP contribution in [0.1, 0.15) is 16.7 Å². The maximum absolute atomic E-state index is 3.73. The van der Waals surface area contributed by atoms with Gasteiger partial charge >= 0.3 is 0 Å². The number of aryl methyl sites for hydroxylation is 1. The molecule has 19 heavy (non-hydrogen) atoms. The van der Waals surface area contributed by atoms with E-state index in [-0.39, 0.29) is 5.41 Å². The summed E-state index contributed by atoms with van der Waals surface area (Å²) < 4.78 is 0. The van der Waals surface area contributed by atoms with Crippen LogP contribution < -0.4 is 0 Å². The van der Waals surface area contributed by atoms with Gasteiger partial charge in [0.25, 0.3) is 0 Å². The van der Waals surface area contributed by atoms with Gasteiger partial charge in [0.1, 0.15) is 0 Å². The maximum atomic E-state index is 3.73. The summed E-state index contributed by atoms with van der Waals surface area (Å²) in [4.78, 5) is 0. The average molecular weight is 382 g/mol. The molecule has 0 bridgehead atoms. The average Bonchev–Trinajstić information content (AvgIpc) is 2.47. The molecule has 0 nitrogen and oxygen atoms in total. The highest BCUT2D eigenvalue weighted by Gasteiger charge is 2.31. The molecule has 0 spiro atoms. The Hall–Kier alpha value is -0.600. The lowest BCUT2D eigenvalue weighted by atomic mass is 9.77. The van der Waals surface area contributed by atoms with Gasteiger partial charge in [0.15, 0.2) is 0 Å². The van der Waals surface area contributed by atoms with Gasteiger partial charge in [-0.3, -0.25) is 0 Å². The number of hydrogen-bond donors (Lipinski definition) is 0. The van der Waals surface area contributed by atoms with Crippen molar-refractivity contribution < 1.29 is 0 Å². The largest absolute Gasteiger partial charge is 0.0918 e. The standard InChI is InChI=1S/C17H18Br2/c1-14-7-5-6-10-16(14)17(12-18,13-19)11-15-8-3-2-4-9-15/h2-10H,11-13H2,1H3. The summed E-state index contributed by atoms with van der Waals surface area (Å²) in [5.74, 6) is 0. The van der Waals surface area contributed by atoms with Crippen molar-refractivity contribution in [3.63, 3.8) is 0 Å². The third-order valence-electron chi connectivity index (χ3n) is 3.61. The van der Waals surface area contributed by atoms with Gasteiger partial charge in [0, 0.05) is 16.1 Å². The van der Waals surface area contributed by atoms with Crippen molar-refractivity contribution in [2.75, 3.05) is 10.7 Å². The molecule has 0 saturated heterocycles. The molecular formula is C17H18Br2. The smallest absolute Gasteiger partial charge is 0.0189 e. The quantitative estimate of drug-likeness (QED) is 0.619. The summed E-state index contributed by atoms with van der Waals surface area (Å²) in [6, 6.07) is 19.4. The Morgan fingerprint density at radius 3 is 2.00 bits per heavy atom. The molecule has 2 rings (SSSR count). The Kier molecular flexibility index (Phi) is 5.23. The second-order valence-electron chi connectivity index (χ2n) is 5.02. The summed E-state index contributed by atoms with van der Waals surface area (Å²) in [6.45, 7) is 2.19. The van der Waals surface area contributed by atoms with Crippen molar-refractivity contribution in [3.8, 4) is 0 Å². The summed E-state index contributed by atoms with van der Waals surface area (Å²) in [5.41, 5.74) is 4.27. The van der Waals surface area contributed by atoms with Gasteiger partial charge in [-0.15, -0.1) is 0 Å². The summed E-state index contributed by atoms with van der Waals surface area (Å²) in [6.07, 6.45) is 1.04. The Labute approximate surface area is 132 Å². The van der Waals surface area contributed by atoms with Crippen molar-refractivity contribution in [1.29, 1.82) is 0 Å². The molecule has 0 fully saturated rings. The van der Waals surface area contributed by atoms with Crippen LogP contribution in [0.15, 0.2) is 54.6 Å². The lowest BCUT2D eigenvalue weighted by molar-refractivity contribution is 0.548. The molecule has 2 aromatic carbocycles. The minimum atomic E-state index is 0.104. The van der Waals surface area contributed by atoms with Crippen LogP contribution >= 0.6 is 31.9 Å². The minimum Gasteiger partial charge on any atom is -0.0918 e. The van der Waals surface area contributed by atoms with Crippen molar-refractivity contribution in [2.45, 2.75) is 18.8 Å². The lowest BCUT2D eigenvalue weighted by Gasteiger charge is -2.32. The lowest BCUT2D eigenvalue weighted by Crippen LogP contribution is -2.33. The van der Waals surface area contributed by atoms with E-state index in [2.05, 4.69) is 93.4 Å². The zero-order valence-corrected chi connectivity index (χ0v) is 14.2. The first kappa shape index (κ1) is 14.8. The van der Waals surface area contributed by atoms with Crippen LogP contribution in [0.5, 0.6) is 0 Å². The van der Waals surface area contributed by atoms with E-state index < -0.39 is 0 Å². The predicted octanol–water partition coefficient (Wildman–Crippen LogP) is 5.27. The fourth-order valence-corrected chi connectivity index (χ4v) is 4.45. The molecule has 0 N–H and O–H groups in total. The van der Waals surface area contributed by atoms with E-state index in [4.69, 9.17) is 0 Å². The molecule has 0 unspecified atom stereocenters. The molecule has 2 aromatic rings. The van der Waals surface area contributed by atoms with E-state index in [0.29, 0.717) is 0 Å². The fraction of sp³-hybridized carbons (Fsp3) is 0.294. The minimum absolute atomic E-state index is 0.104. The van der Waals surface area contributed by atoms with Crippen LogP contribution in [-0.4, -0.2) is 10.7 Å². The molecule has 0 radical (unpaired) electrons. The fourth-order valence-electron chi connectivity index (χ4n) is 2.52. The zero-order valence-electron chi connectivity index (χ0n) is 11.1. The SMILES string of the molecule is Cc1ccccc1C(CBr)(CBr)Cc1ccccc1. The topological polar surface area (TPSA) is 0 Å². The number of hydrogen-bond acceptors (Lipinski definition) is 0. The van der Waals surface area contributed by atoms with E-state index in [1.54, 1.807) is 0 Å². The molecule has 0 aromatic heterocycles. The van der Waals surface area contributed by atoms with Crippen molar-refractivity contribution in [2.24, 2.45) is 0 Å². The van der Waals surface area contributed by atoms with E-state index in [0.717, 1.165) is 17.1 Å². The van der Waals surface area contributed by atoms with E-state index in [1.807, 2.05) is 0 Å². The van der Waals surface area contributed by atoms with Gasteiger partial charge in [-0.2, -0.15) is 0 Å². The van der Waals surface area contributed by atoms with E-state index in [9.17, 15) is 0 Å². The Morgan fingerprint density at radius 1 is 0.842 bits per heavy atom. The number of alkyl halides is 2. The summed E-state index contributed by atoms with van der Waals surface area (Å²) in [7, 11) is 0. The normalized spacial score (nSPS) is 11.5. The summed E-state index contributed by atoms with van der Waals surface area (Å²) >= 11 is 7.46. The highest BCUT2D eigenvalue weighted by molar-refractivity contribution is 9.09. The van der Waals surface area contributed by atoms with E-state index in [1.165, 1.54) is 16.7 Å². The van der Waals surface area contributed by atoms with Crippen LogP contribution in [0, 0.1) is 6.92 Å². The molecule has 100 valence electrons. The highest BCUT2D eigenvalue weighted by Crippen LogP contribution is 2.34. The Morgan fingerprint density at radius 2 is 1.42 bits per heavy atom. The highest BCUT2D eigenvalue weighted by atomic mass is 79.9. The van der Waals surface area contributed by atoms with Gasteiger partial charge in [-0.05, 0) is 30.0 Å². The van der Waals surface area contributed by atoms with Gasteiger partial charge in [-0.25, -0.2) is 0 Å². The monoisotopic (exact) mass is 380 g/mol. The molecule has 0 aliphatic carbocycles. The number of halogens is 2. The van der Waals surface area contributed by atoms with Crippen LogP contribution in [-0.2, 0) is 11.8 Å². The van der Waals surface area contributed by atoms with Crippen molar-refractivity contribution in [1.82, 2.24) is 0 Å². The molecule has 2 heteroatoms. The van der Waals surface area contributed by atoms with Gasteiger partial charge in [0.2, 0.25) is 0 Å². The Balaban J connectivity index is 2.41. The molecule has 0 aliphatic rings. The van der Waals surface area contributed by atoms with Crippen LogP contribution in [0.2, 0.25) is 0 Å².